The molecule has 7 heteroatoms. The molecule has 3 saturated heterocycles. The maximum absolute atomic E-state index is 13.1. The normalized spacial score (nSPS) is 27.7. The Morgan fingerprint density at radius 1 is 1.33 bits per heavy atom. The molecule has 3 heterocycles. The first-order valence-electron chi connectivity index (χ1n) is 10.7. The van der Waals surface area contributed by atoms with Crippen LogP contribution in [-0.4, -0.2) is 64.3 Å². The number of nitriles is 1. The molecule has 5 atom stereocenters. The van der Waals surface area contributed by atoms with Gasteiger partial charge in [-0.3, -0.25) is 14.5 Å². The van der Waals surface area contributed by atoms with E-state index in [0.29, 0.717) is 18.8 Å². The minimum Gasteiger partial charge on any atom is -0.330 e. The Labute approximate surface area is 177 Å². The van der Waals surface area contributed by atoms with E-state index in [1.165, 1.54) is 0 Å². The van der Waals surface area contributed by atoms with Crippen LogP contribution in [0.2, 0.25) is 0 Å². The van der Waals surface area contributed by atoms with Crippen molar-refractivity contribution in [1.82, 2.24) is 14.7 Å². The van der Waals surface area contributed by atoms with Gasteiger partial charge in [0, 0.05) is 31.6 Å². The molecule has 0 aliphatic carbocycles. The number of hydrogen-bond donors (Lipinski definition) is 0. The quantitative estimate of drug-likeness (QED) is 0.706. The molecule has 4 rings (SSSR count). The van der Waals surface area contributed by atoms with Gasteiger partial charge >= 0.3 is 0 Å². The summed E-state index contributed by atoms with van der Waals surface area (Å²) in [7, 11) is 0. The Kier molecular flexibility index (Phi) is 5.49. The average Bonchev–Trinajstić information content (AvgIpc) is 3.47. The second-order valence-electron chi connectivity index (χ2n) is 8.70. The maximum atomic E-state index is 13.1. The van der Waals surface area contributed by atoms with E-state index in [4.69, 9.17) is 6.57 Å². The molecule has 156 valence electrons. The van der Waals surface area contributed by atoms with Gasteiger partial charge in [-0.1, -0.05) is 31.2 Å². The lowest BCUT2D eigenvalue weighted by molar-refractivity contribution is -0.142. The van der Waals surface area contributed by atoms with Gasteiger partial charge in [-0.05, 0) is 31.7 Å². The molecule has 0 unspecified atom stereocenters. The van der Waals surface area contributed by atoms with E-state index in [-0.39, 0.29) is 41.9 Å². The third-order valence-corrected chi connectivity index (χ3v) is 6.85. The fourth-order valence-corrected chi connectivity index (χ4v) is 5.26. The van der Waals surface area contributed by atoms with E-state index >= 15 is 0 Å². The van der Waals surface area contributed by atoms with E-state index in [1.807, 2.05) is 30.9 Å². The Morgan fingerprint density at radius 3 is 2.70 bits per heavy atom. The zero-order valence-electron chi connectivity index (χ0n) is 17.5. The van der Waals surface area contributed by atoms with Crippen LogP contribution in [0.1, 0.15) is 44.7 Å². The highest BCUT2D eigenvalue weighted by molar-refractivity contribution is 5.86. The number of piperazine rings is 1. The molecule has 0 radical (unpaired) electrons. The first-order chi connectivity index (χ1) is 14.4. The highest BCUT2D eigenvalue weighted by Gasteiger charge is 2.51. The number of fused-ring (bicyclic) bond motifs is 2. The van der Waals surface area contributed by atoms with Gasteiger partial charge in [0.1, 0.15) is 6.04 Å². The predicted molar refractivity (Wildman–Crippen MR) is 111 cm³/mol. The molecule has 30 heavy (non-hydrogen) atoms. The Bertz CT molecular complexity index is 915. The molecule has 0 spiro atoms. The van der Waals surface area contributed by atoms with Crippen LogP contribution in [-0.2, 0) is 9.59 Å². The second-order valence-corrected chi connectivity index (χ2v) is 8.70. The van der Waals surface area contributed by atoms with Crippen LogP contribution in [0.15, 0.2) is 24.3 Å². The third kappa shape index (κ3) is 3.44. The Morgan fingerprint density at radius 2 is 2.07 bits per heavy atom. The number of hydrogen-bond acceptors (Lipinski definition) is 4. The van der Waals surface area contributed by atoms with Crippen LogP contribution >= 0.6 is 0 Å². The minimum atomic E-state index is -0.304. The number of likely N-dealkylation sites (tertiary alicyclic amines) is 3. The van der Waals surface area contributed by atoms with Gasteiger partial charge in [0.15, 0.2) is 5.69 Å². The fraction of sp³-hybridized carbons (Fsp3) is 0.565. The number of benzene rings is 1. The summed E-state index contributed by atoms with van der Waals surface area (Å²) in [5.41, 5.74) is 1.64. The number of nitrogens with zero attached hydrogens (tertiary/aromatic N) is 5. The average molecular weight is 406 g/mol. The first-order valence-corrected chi connectivity index (χ1v) is 10.7. The van der Waals surface area contributed by atoms with Crippen molar-refractivity contribution in [2.24, 2.45) is 5.92 Å². The van der Waals surface area contributed by atoms with Crippen molar-refractivity contribution < 1.29 is 9.59 Å². The topological polar surface area (TPSA) is 72.0 Å². The van der Waals surface area contributed by atoms with Gasteiger partial charge in [-0.25, -0.2) is 4.85 Å². The summed E-state index contributed by atoms with van der Waals surface area (Å²) in [6.45, 7) is 13.0. The predicted octanol–water partition coefficient (Wildman–Crippen LogP) is 2.73. The van der Waals surface area contributed by atoms with Crippen LogP contribution in [0.4, 0.5) is 5.69 Å². The van der Waals surface area contributed by atoms with Crippen LogP contribution in [0.5, 0.6) is 0 Å². The van der Waals surface area contributed by atoms with E-state index in [9.17, 15) is 14.9 Å². The van der Waals surface area contributed by atoms with Gasteiger partial charge in [0.2, 0.25) is 11.8 Å². The minimum absolute atomic E-state index is 0.0272. The lowest BCUT2D eigenvalue weighted by Crippen LogP contribution is -2.53. The molecule has 0 saturated carbocycles. The molecular formula is C23H27N5O2. The van der Waals surface area contributed by atoms with Gasteiger partial charge in [0.25, 0.3) is 0 Å². The SMILES string of the molecule is [C-]#[N+]c1ccc([C@H](C)N2C(=O)[C@H]3C[C@@H]2CN3C[C@H](C)C(=O)N2CCC[C@H]2C#N)cc1. The van der Waals surface area contributed by atoms with Crippen molar-refractivity contribution >= 4 is 17.5 Å². The van der Waals surface area contributed by atoms with Crippen molar-refractivity contribution in [2.75, 3.05) is 19.6 Å². The molecule has 1 aromatic carbocycles. The molecule has 3 aliphatic rings. The van der Waals surface area contributed by atoms with Gasteiger partial charge in [0.05, 0.1) is 24.7 Å². The number of carbonyl (C=O) groups is 2. The highest BCUT2D eigenvalue weighted by atomic mass is 16.2. The first kappa shape index (κ1) is 20.4. The summed E-state index contributed by atoms with van der Waals surface area (Å²) in [4.78, 5) is 35.2. The molecule has 3 aliphatic heterocycles. The largest absolute Gasteiger partial charge is 0.330 e. The lowest BCUT2D eigenvalue weighted by Gasteiger charge is -2.38. The monoisotopic (exact) mass is 405 g/mol. The van der Waals surface area contributed by atoms with Crippen LogP contribution in [0.3, 0.4) is 0 Å². The van der Waals surface area contributed by atoms with Crippen molar-refractivity contribution in [3.63, 3.8) is 0 Å². The lowest BCUT2D eigenvalue weighted by atomic mass is 10.0. The maximum Gasteiger partial charge on any atom is 0.240 e. The van der Waals surface area contributed by atoms with Crippen molar-refractivity contribution in [3.05, 3.63) is 41.2 Å². The van der Waals surface area contributed by atoms with E-state index in [1.54, 1.807) is 17.0 Å². The second kappa shape index (κ2) is 8.08. The van der Waals surface area contributed by atoms with Crippen LogP contribution < -0.4 is 0 Å². The molecule has 0 aromatic heterocycles. The Hall–Kier alpha value is -2.90. The molecular weight excluding hydrogens is 378 g/mol. The van der Waals surface area contributed by atoms with E-state index < -0.39 is 0 Å². The van der Waals surface area contributed by atoms with Gasteiger partial charge in [-0.15, -0.1) is 0 Å². The summed E-state index contributed by atoms with van der Waals surface area (Å²) < 4.78 is 0. The van der Waals surface area contributed by atoms with Crippen molar-refractivity contribution in [3.8, 4) is 6.07 Å². The smallest absolute Gasteiger partial charge is 0.240 e. The molecule has 1 aromatic rings. The zero-order valence-corrected chi connectivity index (χ0v) is 17.5. The number of amides is 2. The highest BCUT2D eigenvalue weighted by Crippen LogP contribution is 2.38. The summed E-state index contributed by atoms with van der Waals surface area (Å²) in [6, 6.07) is 9.33. The fourth-order valence-electron chi connectivity index (χ4n) is 5.26. The molecule has 7 nitrogen and oxygen atoms in total. The van der Waals surface area contributed by atoms with E-state index in [2.05, 4.69) is 15.8 Å². The van der Waals surface area contributed by atoms with E-state index in [0.717, 1.165) is 31.4 Å². The molecule has 3 fully saturated rings. The molecule has 2 bridgehead atoms. The van der Waals surface area contributed by atoms with Crippen molar-refractivity contribution in [2.45, 2.75) is 57.3 Å². The molecule has 0 N–H and O–H groups in total. The zero-order chi connectivity index (χ0) is 21.4. The summed E-state index contributed by atoms with van der Waals surface area (Å²) >= 11 is 0. The summed E-state index contributed by atoms with van der Waals surface area (Å²) in [5.74, 6) is -0.0683. The van der Waals surface area contributed by atoms with Crippen molar-refractivity contribution in [1.29, 1.82) is 5.26 Å². The summed E-state index contributed by atoms with van der Waals surface area (Å²) in [6.07, 6.45) is 2.44. The Balaban J connectivity index is 1.39. The van der Waals surface area contributed by atoms with Crippen LogP contribution in [0.25, 0.3) is 4.85 Å². The third-order valence-electron chi connectivity index (χ3n) is 6.85. The molecule has 2 amide bonds. The number of rotatable bonds is 5. The van der Waals surface area contributed by atoms with Gasteiger partial charge in [-0.2, -0.15) is 5.26 Å². The summed E-state index contributed by atoms with van der Waals surface area (Å²) in [5, 5.41) is 9.26. The number of carbonyl (C=O) groups excluding carboxylic acids is 2. The standard InChI is InChI=1S/C23H27N5O2/c1-15(22(29)27-10-4-5-19(27)12-24)13-26-14-20-11-21(26)23(30)28(20)16(2)17-6-8-18(25-3)9-7-17/h6-9,15-16,19-21H,4-5,10-11,13-14H2,1-2H3/t15-,16-,19-,20+,21+/m0/s1. The van der Waals surface area contributed by atoms with Gasteiger partial charge < -0.3 is 9.80 Å². The van der Waals surface area contributed by atoms with Crippen LogP contribution in [0, 0.1) is 23.8 Å².